The van der Waals surface area contributed by atoms with Crippen LogP contribution in [0.5, 0.6) is 0 Å². The first kappa shape index (κ1) is 15.2. The zero-order chi connectivity index (χ0) is 14.9. The summed E-state index contributed by atoms with van der Waals surface area (Å²) in [5.74, 6) is 0.201. The molecule has 20 heavy (non-hydrogen) atoms. The number of ether oxygens (including phenoxy) is 1. The molecule has 1 aromatic carbocycles. The summed E-state index contributed by atoms with van der Waals surface area (Å²) in [6.45, 7) is 9.50. The normalized spacial score (nSPS) is 22.5. The lowest BCUT2D eigenvalue weighted by molar-refractivity contribution is 0.0745. The van der Waals surface area contributed by atoms with Crippen molar-refractivity contribution in [3.63, 3.8) is 0 Å². The molecule has 0 amide bonds. The van der Waals surface area contributed by atoms with Crippen LogP contribution in [0.3, 0.4) is 0 Å². The minimum absolute atomic E-state index is 0.201. The van der Waals surface area contributed by atoms with Crippen LogP contribution in [0.25, 0.3) is 0 Å². The van der Waals surface area contributed by atoms with Crippen LogP contribution in [0.15, 0.2) is 12.1 Å². The van der Waals surface area contributed by atoms with Crippen LogP contribution in [-0.4, -0.2) is 43.0 Å². The van der Waals surface area contributed by atoms with Gasteiger partial charge in [-0.15, -0.1) is 0 Å². The van der Waals surface area contributed by atoms with Gasteiger partial charge in [0, 0.05) is 18.2 Å². The minimum atomic E-state index is 0.201. The monoisotopic (exact) mass is 275 g/mol. The molecule has 1 aliphatic heterocycles. The number of aryl methyl sites for hydroxylation is 3. The Balaban J connectivity index is 2.10. The Hall–Kier alpha value is -1.19. The van der Waals surface area contributed by atoms with Gasteiger partial charge in [0.25, 0.3) is 0 Å². The third-order valence-electron chi connectivity index (χ3n) is 4.44. The maximum Gasteiger partial charge on any atom is 0.177 e. The number of rotatable bonds is 4. The minimum Gasteiger partial charge on any atom is -0.377 e. The Morgan fingerprint density at radius 2 is 1.90 bits per heavy atom. The molecule has 2 atom stereocenters. The SMILES string of the molecule is Cc1cc(C)c(C(=O)CN(C)C2CCOC2C)cc1C. The molecule has 1 aliphatic rings. The van der Waals surface area contributed by atoms with Gasteiger partial charge in [0.1, 0.15) is 0 Å². The van der Waals surface area contributed by atoms with Crippen LogP contribution in [0.1, 0.15) is 40.4 Å². The number of nitrogens with zero attached hydrogens (tertiary/aromatic N) is 1. The van der Waals surface area contributed by atoms with E-state index in [2.05, 4.69) is 31.7 Å². The van der Waals surface area contributed by atoms with E-state index in [-0.39, 0.29) is 11.9 Å². The molecule has 1 saturated heterocycles. The molecule has 0 bridgehead atoms. The Morgan fingerprint density at radius 1 is 1.25 bits per heavy atom. The fourth-order valence-electron chi connectivity index (χ4n) is 2.99. The van der Waals surface area contributed by atoms with Gasteiger partial charge in [-0.3, -0.25) is 9.69 Å². The largest absolute Gasteiger partial charge is 0.377 e. The van der Waals surface area contributed by atoms with E-state index in [1.807, 2.05) is 20.0 Å². The smallest absolute Gasteiger partial charge is 0.177 e. The molecular formula is C17H25NO2. The highest BCUT2D eigenvalue weighted by Crippen LogP contribution is 2.20. The predicted molar refractivity (Wildman–Crippen MR) is 81.4 cm³/mol. The fraction of sp³-hybridized carbons (Fsp3) is 0.588. The van der Waals surface area contributed by atoms with E-state index in [9.17, 15) is 4.79 Å². The number of likely N-dealkylation sites (N-methyl/N-ethyl adjacent to an activating group) is 1. The van der Waals surface area contributed by atoms with Crippen molar-refractivity contribution in [3.8, 4) is 0 Å². The highest BCUT2D eigenvalue weighted by molar-refractivity contribution is 5.99. The summed E-state index contributed by atoms with van der Waals surface area (Å²) in [5.41, 5.74) is 4.35. The van der Waals surface area contributed by atoms with Gasteiger partial charge in [-0.25, -0.2) is 0 Å². The third-order valence-corrected chi connectivity index (χ3v) is 4.44. The van der Waals surface area contributed by atoms with Crippen LogP contribution < -0.4 is 0 Å². The van der Waals surface area contributed by atoms with Gasteiger partial charge in [-0.1, -0.05) is 6.07 Å². The fourth-order valence-corrected chi connectivity index (χ4v) is 2.99. The molecule has 1 aromatic rings. The highest BCUT2D eigenvalue weighted by atomic mass is 16.5. The van der Waals surface area contributed by atoms with Crippen LogP contribution in [0, 0.1) is 20.8 Å². The average Bonchev–Trinajstić information content (AvgIpc) is 2.80. The first-order valence-corrected chi connectivity index (χ1v) is 7.33. The van der Waals surface area contributed by atoms with Gasteiger partial charge in [0.2, 0.25) is 0 Å². The number of carbonyl (C=O) groups is 1. The first-order valence-electron chi connectivity index (χ1n) is 7.33. The average molecular weight is 275 g/mol. The van der Waals surface area contributed by atoms with Gasteiger partial charge < -0.3 is 4.74 Å². The van der Waals surface area contributed by atoms with Gasteiger partial charge in [0.15, 0.2) is 5.78 Å². The number of ketones is 1. The van der Waals surface area contributed by atoms with Gasteiger partial charge in [-0.05, 0) is 63.9 Å². The lowest BCUT2D eigenvalue weighted by atomic mass is 9.97. The second-order valence-corrected chi connectivity index (χ2v) is 6.02. The summed E-state index contributed by atoms with van der Waals surface area (Å²) >= 11 is 0. The number of carbonyl (C=O) groups excluding carboxylic acids is 1. The van der Waals surface area contributed by atoms with Gasteiger partial charge in [0.05, 0.1) is 12.6 Å². The molecule has 0 N–H and O–H groups in total. The number of Topliss-reactive ketones (excluding diaryl/α,β-unsaturated/α-hetero) is 1. The van der Waals surface area contributed by atoms with Crippen molar-refractivity contribution < 1.29 is 9.53 Å². The molecule has 3 nitrogen and oxygen atoms in total. The van der Waals surface area contributed by atoms with E-state index in [1.165, 1.54) is 11.1 Å². The Morgan fingerprint density at radius 3 is 2.50 bits per heavy atom. The van der Waals surface area contributed by atoms with E-state index in [0.717, 1.165) is 24.2 Å². The molecule has 110 valence electrons. The molecule has 0 spiro atoms. The van der Waals surface area contributed by atoms with Crippen molar-refractivity contribution >= 4 is 5.78 Å². The molecule has 0 saturated carbocycles. The van der Waals surface area contributed by atoms with Crippen molar-refractivity contribution in [2.45, 2.75) is 46.3 Å². The van der Waals surface area contributed by atoms with E-state index >= 15 is 0 Å². The maximum absolute atomic E-state index is 12.5. The summed E-state index contributed by atoms with van der Waals surface area (Å²) in [6.07, 6.45) is 1.23. The Bertz CT molecular complexity index is 510. The standard InChI is InChI=1S/C17H25NO2/c1-11-8-13(3)15(9-12(11)2)17(19)10-18(5)16-6-7-20-14(16)4/h8-9,14,16H,6-7,10H2,1-5H3. The zero-order valence-electron chi connectivity index (χ0n) is 13.2. The lowest BCUT2D eigenvalue weighted by Gasteiger charge is -2.26. The van der Waals surface area contributed by atoms with Crippen molar-refractivity contribution in [2.75, 3.05) is 20.2 Å². The summed E-state index contributed by atoms with van der Waals surface area (Å²) in [7, 11) is 2.02. The summed E-state index contributed by atoms with van der Waals surface area (Å²) in [5, 5.41) is 0. The second kappa shape index (κ2) is 6.06. The van der Waals surface area contributed by atoms with Gasteiger partial charge in [-0.2, -0.15) is 0 Å². The van der Waals surface area contributed by atoms with Crippen molar-refractivity contribution in [3.05, 3.63) is 34.4 Å². The second-order valence-electron chi connectivity index (χ2n) is 6.02. The molecule has 2 unspecified atom stereocenters. The molecule has 1 fully saturated rings. The van der Waals surface area contributed by atoms with E-state index in [4.69, 9.17) is 4.74 Å². The van der Waals surface area contributed by atoms with Crippen LogP contribution >= 0.6 is 0 Å². The van der Waals surface area contributed by atoms with Crippen LogP contribution in [0.2, 0.25) is 0 Å². The molecule has 0 radical (unpaired) electrons. The number of hydrogen-bond acceptors (Lipinski definition) is 3. The predicted octanol–water partition coefficient (Wildman–Crippen LogP) is 2.90. The molecule has 3 heteroatoms. The quantitative estimate of drug-likeness (QED) is 0.791. The molecule has 0 aromatic heterocycles. The van der Waals surface area contributed by atoms with Crippen molar-refractivity contribution in [1.82, 2.24) is 4.90 Å². The number of hydrogen-bond donors (Lipinski definition) is 0. The highest BCUT2D eigenvalue weighted by Gasteiger charge is 2.29. The van der Waals surface area contributed by atoms with E-state index in [1.54, 1.807) is 0 Å². The van der Waals surface area contributed by atoms with E-state index < -0.39 is 0 Å². The first-order chi connectivity index (χ1) is 9.40. The molecular weight excluding hydrogens is 250 g/mol. The maximum atomic E-state index is 12.5. The molecule has 0 aliphatic carbocycles. The summed E-state index contributed by atoms with van der Waals surface area (Å²) < 4.78 is 5.58. The summed E-state index contributed by atoms with van der Waals surface area (Å²) in [4.78, 5) is 14.7. The van der Waals surface area contributed by atoms with Gasteiger partial charge >= 0.3 is 0 Å². The third kappa shape index (κ3) is 3.10. The van der Waals surface area contributed by atoms with Crippen molar-refractivity contribution in [1.29, 1.82) is 0 Å². The van der Waals surface area contributed by atoms with Crippen LogP contribution in [-0.2, 0) is 4.74 Å². The lowest BCUT2D eigenvalue weighted by Crippen LogP contribution is -2.40. The zero-order valence-corrected chi connectivity index (χ0v) is 13.2. The van der Waals surface area contributed by atoms with E-state index in [0.29, 0.717) is 12.6 Å². The van der Waals surface area contributed by atoms with Crippen LogP contribution in [0.4, 0.5) is 0 Å². The summed E-state index contributed by atoms with van der Waals surface area (Å²) in [6, 6.07) is 4.48. The topological polar surface area (TPSA) is 29.5 Å². The number of benzene rings is 1. The molecule has 2 rings (SSSR count). The van der Waals surface area contributed by atoms with Crippen molar-refractivity contribution in [2.24, 2.45) is 0 Å². The Labute approximate surface area is 121 Å². The molecule has 1 heterocycles. The Kier molecular flexibility index (Phi) is 4.61.